The molecule has 0 fully saturated rings. The Bertz CT molecular complexity index is 524. The monoisotopic (exact) mass is 253 g/mol. The molecule has 0 saturated carbocycles. The van der Waals surface area contributed by atoms with Crippen LogP contribution in [0.4, 0.5) is 5.95 Å². The molecule has 4 nitrogen and oxygen atoms in total. The van der Waals surface area contributed by atoms with Gasteiger partial charge in [-0.2, -0.15) is 0 Å². The first kappa shape index (κ1) is 12.2. The van der Waals surface area contributed by atoms with E-state index < -0.39 is 0 Å². The number of nitrogens with zero attached hydrogens (tertiary/aromatic N) is 2. The minimum atomic E-state index is 0.137. The Balaban J connectivity index is 2.44. The van der Waals surface area contributed by atoms with Gasteiger partial charge in [0.15, 0.2) is 0 Å². The summed E-state index contributed by atoms with van der Waals surface area (Å²) in [7, 11) is 0. The SMILES string of the molecule is CCOCC(C)n1c(N)nc2ccc(Cl)cc21. The molecule has 1 unspecified atom stereocenters. The van der Waals surface area contributed by atoms with Gasteiger partial charge >= 0.3 is 0 Å². The van der Waals surface area contributed by atoms with E-state index in [2.05, 4.69) is 4.98 Å². The zero-order valence-electron chi connectivity index (χ0n) is 9.98. The van der Waals surface area contributed by atoms with Crippen molar-refractivity contribution in [3.8, 4) is 0 Å². The van der Waals surface area contributed by atoms with E-state index in [4.69, 9.17) is 22.1 Å². The number of fused-ring (bicyclic) bond motifs is 1. The summed E-state index contributed by atoms with van der Waals surface area (Å²) in [4.78, 5) is 4.31. The van der Waals surface area contributed by atoms with Crippen molar-refractivity contribution in [2.75, 3.05) is 18.9 Å². The van der Waals surface area contributed by atoms with E-state index in [1.165, 1.54) is 0 Å². The van der Waals surface area contributed by atoms with Crippen LogP contribution in [0.15, 0.2) is 18.2 Å². The molecule has 0 bridgehead atoms. The molecule has 2 N–H and O–H groups in total. The molecule has 0 aliphatic carbocycles. The van der Waals surface area contributed by atoms with Gasteiger partial charge in [0.2, 0.25) is 5.95 Å². The maximum Gasteiger partial charge on any atom is 0.201 e. The maximum atomic E-state index is 6.00. The number of imidazole rings is 1. The summed E-state index contributed by atoms with van der Waals surface area (Å²) < 4.78 is 7.37. The average Bonchev–Trinajstić information content (AvgIpc) is 2.61. The molecule has 17 heavy (non-hydrogen) atoms. The Morgan fingerprint density at radius 1 is 1.53 bits per heavy atom. The Hall–Kier alpha value is -1.26. The molecule has 2 rings (SSSR count). The molecule has 0 aliphatic heterocycles. The zero-order chi connectivity index (χ0) is 12.4. The zero-order valence-corrected chi connectivity index (χ0v) is 10.7. The second-order valence-electron chi connectivity index (χ2n) is 3.98. The smallest absolute Gasteiger partial charge is 0.201 e. The normalized spacial score (nSPS) is 13.1. The molecule has 1 atom stereocenters. The second kappa shape index (κ2) is 4.94. The molecule has 1 aromatic carbocycles. The summed E-state index contributed by atoms with van der Waals surface area (Å²) in [6.07, 6.45) is 0. The van der Waals surface area contributed by atoms with Crippen molar-refractivity contribution in [3.05, 3.63) is 23.2 Å². The van der Waals surface area contributed by atoms with Crippen molar-refractivity contribution < 1.29 is 4.74 Å². The third-order valence-corrected chi connectivity index (χ3v) is 2.92. The summed E-state index contributed by atoms with van der Waals surface area (Å²) >= 11 is 6.00. The van der Waals surface area contributed by atoms with E-state index in [-0.39, 0.29) is 6.04 Å². The van der Waals surface area contributed by atoms with Crippen molar-refractivity contribution in [1.82, 2.24) is 9.55 Å². The summed E-state index contributed by atoms with van der Waals surface area (Å²) in [5.41, 5.74) is 7.73. The third-order valence-electron chi connectivity index (χ3n) is 2.68. The van der Waals surface area contributed by atoms with Gasteiger partial charge in [-0.1, -0.05) is 11.6 Å². The first-order chi connectivity index (χ1) is 8.13. The lowest BCUT2D eigenvalue weighted by atomic mass is 10.3. The highest BCUT2D eigenvalue weighted by Crippen LogP contribution is 2.25. The summed E-state index contributed by atoms with van der Waals surface area (Å²) in [6, 6.07) is 5.70. The number of hydrogen-bond donors (Lipinski definition) is 1. The fourth-order valence-electron chi connectivity index (χ4n) is 1.91. The number of halogens is 1. The van der Waals surface area contributed by atoms with Crippen molar-refractivity contribution in [2.45, 2.75) is 19.9 Å². The number of rotatable bonds is 4. The highest BCUT2D eigenvalue weighted by Gasteiger charge is 2.14. The quantitative estimate of drug-likeness (QED) is 0.912. The van der Waals surface area contributed by atoms with Crippen LogP contribution in [0.25, 0.3) is 11.0 Å². The van der Waals surface area contributed by atoms with Crippen LogP contribution in [0.2, 0.25) is 5.02 Å². The number of benzene rings is 1. The lowest BCUT2D eigenvalue weighted by molar-refractivity contribution is 0.120. The predicted octanol–water partition coefficient (Wildman–Crippen LogP) is 2.87. The fourth-order valence-corrected chi connectivity index (χ4v) is 2.08. The van der Waals surface area contributed by atoms with Crippen LogP contribution in [-0.4, -0.2) is 22.8 Å². The van der Waals surface area contributed by atoms with Crippen LogP contribution in [-0.2, 0) is 4.74 Å². The molecule has 0 aliphatic rings. The largest absolute Gasteiger partial charge is 0.380 e. The van der Waals surface area contributed by atoms with Gasteiger partial charge < -0.3 is 15.0 Å². The molecule has 0 saturated heterocycles. The molecule has 5 heteroatoms. The molecule has 1 aromatic heterocycles. The van der Waals surface area contributed by atoms with Crippen LogP contribution < -0.4 is 5.73 Å². The van der Waals surface area contributed by atoms with E-state index in [1.54, 1.807) is 0 Å². The van der Waals surface area contributed by atoms with Crippen molar-refractivity contribution in [1.29, 1.82) is 0 Å². The number of hydrogen-bond acceptors (Lipinski definition) is 3. The van der Waals surface area contributed by atoms with Crippen LogP contribution in [0.5, 0.6) is 0 Å². The van der Waals surface area contributed by atoms with Gasteiger partial charge in [0.05, 0.1) is 23.7 Å². The van der Waals surface area contributed by atoms with Crippen molar-refractivity contribution >= 4 is 28.6 Å². The number of nitrogen functional groups attached to an aromatic ring is 1. The van der Waals surface area contributed by atoms with Crippen LogP contribution in [0, 0.1) is 0 Å². The minimum Gasteiger partial charge on any atom is -0.380 e. The highest BCUT2D eigenvalue weighted by molar-refractivity contribution is 6.31. The second-order valence-corrected chi connectivity index (χ2v) is 4.42. The highest BCUT2D eigenvalue weighted by atomic mass is 35.5. The number of ether oxygens (including phenoxy) is 1. The number of aromatic nitrogens is 2. The Kier molecular flexibility index (Phi) is 3.54. The first-order valence-electron chi connectivity index (χ1n) is 5.64. The van der Waals surface area contributed by atoms with Gasteiger partial charge in [0, 0.05) is 11.6 Å². The van der Waals surface area contributed by atoms with Gasteiger partial charge in [0.25, 0.3) is 0 Å². The maximum absolute atomic E-state index is 6.00. The van der Waals surface area contributed by atoms with E-state index in [9.17, 15) is 0 Å². The molecule has 2 aromatic rings. The minimum absolute atomic E-state index is 0.137. The van der Waals surface area contributed by atoms with Crippen LogP contribution in [0.1, 0.15) is 19.9 Å². The molecule has 0 radical (unpaired) electrons. The predicted molar refractivity (Wildman–Crippen MR) is 70.4 cm³/mol. The van der Waals surface area contributed by atoms with Gasteiger partial charge in [-0.15, -0.1) is 0 Å². The summed E-state index contributed by atoms with van der Waals surface area (Å²) in [5, 5.41) is 0.683. The topological polar surface area (TPSA) is 53.1 Å². The van der Waals surface area contributed by atoms with E-state index in [0.29, 0.717) is 24.2 Å². The number of anilines is 1. The summed E-state index contributed by atoms with van der Waals surface area (Å²) in [6.45, 7) is 5.32. The lowest BCUT2D eigenvalue weighted by Crippen LogP contribution is -2.14. The molecule has 0 spiro atoms. The van der Waals surface area contributed by atoms with Crippen LogP contribution in [0.3, 0.4) is 0 Å². The third kappa shape index (κ3) is 2.37. The van der Waals surface area contributed by atoms with E-state index in [0.717, 1.165) is 11.0 Å². The van der Waals surface area contributed by atoms with E-state index in [1.807, 2.05) is 36.6 Å². The molecule has 1 heterocycles. The fraction of sp³-hybridized carbons (Fsp3) is 0.417. The van der Waals surface area contributed by atoms with E-state index >= 15 is 0 Å². The number of nitrogens with two attached hydrogens (primary N) is 1. The van der Waals surface area contributed by atoms with Gasteiger partial charge in [-0.25, -0.2) is 4.98 Å². The molecular weight excluding hydrogens is 238 g/mol. The van der Waals surface area contributed by atoms with Crippen LogP contribution >= 0.6 is 11.6 Å². The molecular formula is C12H16ClN3O. The van der Waals surface area contributed by atoms with Gasteiger partial charge in [-0.3, -0.25) is 0 Å². The Morgan fingerprint density at radius 3 is 3.00 bits per heavy atom. The van der Waals surface area contributed by atoms with Gasteiger partial charge in [0.1, 0.15) is 0 Å². The van der Waals surface area contributed by atoms with Crippen molar-refractivity contribution in [2.24, 2.45) is 0 Å². The van der Waals surface area contributed by atoms with Crippen molar-refractivity contribution in [3.63, 3.8) is 0 Å². The summed E-state index contributed by atoms with van der Waals surface area (Å²) in [5.74, 6) is 0.495. The Labute approximate surface area is 105 Å². The Morgan fingerprint density at radius 2 is 2.29 bits per heavy atom. The molecule has 0 amide bonds. The molecule has 92 valence electrons. The van der Waals surface area contributed by atoms with Gasteiger partial charge in [-0.05, 0) is 32.0 Å². The lowest BCUT2D eigenvalue weighted by Gasteiger charge is -2.15. The first-order valence-corrected chi connectivity index (χ1v) is 6.02. The standard InChI is InChI=1S/C12H16ClN3O/c1-3-17-7-8(2)16-11-6-9(13)4-5-10(11)15-12(16)14/h4-6,8H,3,7H2,1-2H3,(H2,14,15). The average molecular weight is 254 g/mol.